The van der Waals surface area contributed by atoms with E-state index in [4.69, 9.17) is 0 Å². The summed E-state index contributed by atoms with van der Waals surface area (Å²) >= 11 is 1.20. The average molecular weight is 312 g/mol. The van der Waals surface area contributed by atoms with Crippen LogP contribution in [0.15, 0.2) is 34.0 Å². The van der Waals surface area contributed by atoms with Gasteiger partial charge in [0.25, 0.3) is 10.0 Å². The van der Waals surface area contributed by atoms with Crippen LogP contribution < -0.4 is 10.0 Å². The minimum absolute atomic E-state index is 0.214. The molecule has 2 heterocycles. The molecule has 0 radical (unpaired) electrons. The lowest BCUT2D eigenvalue weighted by Crippen LogP contribution is -2.14. The van der Waals surface area contributed by atoms with Crippen molar-refractivity contribution in [2.45, 2.75) is 24.1 Å². The molecular formula is C12H16N4O2S2. The second-order valence-corrected chi connectivity index (χ2v) is 6.99. The van der Waals surface area contributed by atoms with Crippen molar-refractivity contribution in [3.05, 3.63) is 35.3 Å². The number of rotatable bonds is 7. The molecule has 0 aliphatic carbocycles. The van der Waals surface area contributed by atoms with Crippen LogP contribution in [0, 0.1) is 0 Å². The van der Waals surface area contributed by atoms with Crippen molar-refractivity contribution < 1.29 is 8.42 Å². The van der Waals surface area contributed by atoms with Gasteiger partial charge >= 0.3 is 0 Å². The molecule has 2 rings (SSSR count). The molecular weight excluding hydrogens is 296 g/mol. The molecule has 0 fully saturated rings. The lowest BCUT2D eigenvalue weighted by molar-refractivity contribution is 0.602. The number of thiophene rings is 1. The molecule has 0 amide bonds. The molecule has 2 N–H and O–H groups in total. The molecule has 2 aromatic heterocycles. The van der Waals surface area contributed by atoms with E-state index >= 15 is 0 Å². The maximum absolute atomic E-state index is 12.2. The van der Waals surface area contributed by atoms with Crippen molar-refractivity contribution in [3.8, 4) is 0 Å². The van der Waals surface area contributed by atoms with Gasteiger partial charge in [0, 0.05) is 12.7 Å². The fourth-order valence-electron chi connectivity index (χ4n) is 1.54. The minimum Gasteiger partial charge on any atom is -0.313 e. The van der Waals surface area contributed by atoms with Gasteiger partial charge in [-0.25, -0.2) is 8.42 Å². The molecule has 0 unspecified atom stereocenters. The number of hydrogen-bond acceptors (Lipinski definition) is 6. The van der Waals surface area contributed by atoms with E-state index in [9.17, 15) is 8.42 Å². The van der Waals surface area contributed by atoms with Crippen molar-refractivity contribution in [2.75, 3.05) is 11.3 Å². The molecule has 0 aliphatic rings. The van der Waals surface area contributed by atoms with Crippen LogP contribution in [0.25, 0.3) is 0 Å². The fraction of sp³-hybridized carbons (Fsp3) is 0.333. The summed E-state index contributed by atoms with van der Waals surface area (Å²) in [6.07, 6.45) is 2.53. The first-order valence-corrected chi connectivity index (χ1v) is 8.57. The predicted molar refractivity (Wildman–Crippen MR) is 79.2 cm³/mol. The first-order valence-electron chi connectivity index (χ1n) is 6.20. The quantitative estimate of drug-likeness (QED) is 0.762. The van der Waals surface area contributed by atoms with Gasteiger partial charge in [0.2, 0.25) is 0 Å². The Labute approximate surface area is 122 Å². The molecule has 0 atom stereocenters. The molecule has 0 spiro atoms. The summed E-state index contributed by atoms with van der Waals surface area (Å²) in [7, 11) is -3.58. The number of sulfonamides is 1. The highest BCUT2D eigenvalue weighted by Gasteiger charge is 2.17. The Morgan fingerprint density at radius 1 is 1.40 bits per heavy atom. The number of anilines is 1. The lowest BCUT2D eigenvalue weighted by Gasteiger charge is -2.03. The van der Waals surface area contributed by atoms with Crippen molar-refractivity contribution >= 4 is 27.2 Å². The van der Waals surface area contributed by atoms with E-state index in [2.05, 4.69) is 27.2 Å². The maximum atomic E-state index is 12.2. The number of hydrogen-bond donors (Lipinski definition) is 2. The van der Waals surface area contributed by atoms with Crippen LogP contribution in [-0.2, 0) is 16.6 Å². The molecule has 0 aromatic carbocycles. The molecule has 2 aromatic rings. The van der Waals surface area contributed by atoms with Crippen molar-refractivity contribution in [1.82, 2.24) is 15.5 Å². The monoisotopic (exact) mass is 312 g/mol. The van der Waals surface area contributed by atoms with Gasteiger partial charge in [0.1, 0.15) is 4.21 Å². The highest BCUT2D eigenvalue weighted by atomic mass is 32.2. The summed E-state index contributed by atoms with van der Waals surface area (Å²) in [6, 6.07) is 4.85. The predicted octanol–water partition coefficient (Wildman–Crippen LogP) is 1.84. The van der Waals surface area contributed by atoms with E-state index in [-0.39, 0.29) is 10.0 Å². The van der Waals surface area contributed by atoms with Gasteiger partial charge < -0.3 is 5.32 Å². The zero-order valence-corrected chi connectivity index (χ0v) is 12.7. The number of aromatic nitrogens is 2. The molecule has 0 aliphatic heterocycles. The van der Waals surface area contributed by atoms with E-state index in [0.29, 0.717) is 6.54 Å². The summed E-state index contributed by atoms with van der Waals surface area (Å²) in [5.74, 6) is 0.214. The second-order valence-electron chi connectivity index (χ2n) is 4.17. The summed E-state index contributed by atoms with van der Waals surface area (Å²) in [4.78, 5) is 0. The third-order valence-electron chi connectivity index (χ3n) is 2.46. The van der Waals surface area contributed by atoms with E-state index in [1.54, 1.807) is 18.2 Å². The third kappa shape index (κ3) is 3.99. The van der Waals surface area contributed by atoms with Gasteiger partial charge in [-0.15, -0.1) is 16.4 Å². The molecule has 0 saturated carbocycles. The van der Waals surface area contributed by atoms with Gasteiger partial charge in [-0.1, -0.05) is 6.92 Å². The normalized spacial score (nSPS) is 11.4. The summed E-state index contributed by atoms with van der Waals surface area (Å²) in [5.41, 5.74) is 0.961. The average Bonchev–Trinajstić information content (AvgIpc) is 2.89. The van der Waals surface area contributed by atoms with E-state index < -0.39 is 10.0 Å². The van der Waals surface area contributed by atoms with Gasteiger partial charge in [0.05, 0.1) is 0 Å². The highest BCUT2D eigenvalue weighted by molar-refractivity contribution is 7.94. The summed E-state index contributed by atoms with van der Waals surface area (Å²) in [5, 5.41) is 12.4. The van der Waals surface area contributed by atoms with Crippen LogP contribution in [0.4, 0.5) is 5.82 Å². The zero-order chi connectivity index (χ0) is 14.4. The molecule has 108 valence electrons. The molecule has 8 heteroatoms. The van der Waals surface area contributed by atoms with Crippen LogP contribution in [0.5, 0.6) is 0 Å². The van der Waals surface area contributed by atoms with E-state index in [1.165, 1.54) is 17.5 Å². The maximum Gasteiger partial charge on any atom is 0.272 e. The lowest BCUT2D eigenvalue weighted by atomic mass is 10.3. The largest absolute Gasteiger partial charge is 0.313 e. The standard InChI is InChI=1S/C12H16N4O2S2/c1-2-5-13-8-10-7-12(19-9-10)20(17,18)16-11-4-3-6-14-15-11/h3-4,6-7,9,13H,2,5,8H2,1H3,(H,15,16). The molecule has 20 heavy (non-hydrogen) atoms. The van der Waals surface area contributed by atoms with E-state index in [1.807, 2.05) is 5.38 Å². The Kier molecular flexibility index (Phi) is 5.05. The summed E-state index contributed by atoms with van der Waals surface area (Å²) < 4.78 is 27.0. The molecule has 0 bridgehead atoms. The Morgan fingerprint density at radius 3 is 2.95 bits per heavy atom. The minimum atomic E-state index is -3.58. The Morgan fingerprint density at radius 2 is 2.25 bits per heavy atom. The van der Waals surface area contributed by atoms with E-state index in [0.717, 1.165) is 18.5 Å². The number of nitrogens with one attached hydrogen (secondary N) is 2. The van der Waals surface area contributed by atoms with Crippen LogP contribution in [0.1, 0.15) is 18.9 Å². The Balaban J connectivity index is 2.06. The van der Waals surface area contributed by atoms with Gasteiger partial charge in [-0.05, 0) is 42.1 Å². The summed E-state index contributed by atoms with van der Waals surface area (Å²) in [6.45, 7) is 3.67. The van der Waals surface area contributed by atoms with Crippen molar-refractivity contribution in [2.24, 2.45) is 0 Å². The Bertz CT molecular complexity index is 640. The number of nitrogens with zero attached hydrogens (tertiary/aromatic N) is 2. The van der Waals surface area contributed by atoms with Gasteiger partial charge in [0.15, 0.2) is 5.82 Å². The smallest absolute Gasteiger partial charge is 0.272 e. The van der Waals surface area contributed by atoms with Crippen molar-refractivity contribution in [3.63, 3.8) is 0 Å². The Hall–Kier alpha value is -1.51. The first-order chi connectivity index (χ1) is 9.62. The SMILES string of the molecule is CCCNCc1csc(S(=O)(=O)Nc2cccnn2)c1. The highest BCUT2D eigenvalue weighted by Crippen LogP contribution is 2.22. The third-order valence-corrected chi connectivity index (χ3v) is 5.30. The van der Waals surface area contributed by atoms with Crippen LogP contribution in [0.3, 0.4) is 0 Å². The van der Waals surface area contributed by atoms with Crippen LogP contribution in [-0.4, -0.2) is 25.2 Å². The van der Waals surface area contributed by atoms with Gasteiger partial charge in [-0.3, -0.25) is 4.72 Å². The fourth-order valence-corrected chi connectivity index (χ4v) is 3.75. The zero-order valence-electron chi connectivity index (χ0n) is 11.0. The van der Waals surface area contributed by atoms with Gasteiger partial charge in [-0.2, -0.15) is 5.10 Å². The molecule has 6 nitrogen and oxygen atoms in total. The van der Waals surface area contributed by atoms with Crippen LogP contribution in [0.2, 0.25) is 0 Å². The topological polar surface area (TPSA) is 84.0 Å². The van der Waals surface area contributed by atoms with Crippen LogP contribution >= 0.6 is 11.3 Å². The first kappa shape index (κ1) is 14.9. The molecule has 0 saturated heterocycles. The second kappa shape index (κ2) is 6.78. The van der Waals surface area contributed by atoms with Crippen molar-refractivity contribution in [1.29, 1.82) is 0 Å².